The minimum absolute atomic E-state index is 0.0835. The molecular formula is C22H26N2O3. The highest BCUT2D eigenvalue weighted by Gasteiger charge is 2.16. The average molecular weight is 366 g/mol. The number of aromatic nitrogens is 2. The Morgan fingerprint density at radius 2 is 1.89 bits per heavy atom. The Morgan fingerprint density at radius 1 is 1.11 bits per heavy atom. The van der Waals surface area contributed by atoms with Crippen molar-refractivity contribution in [2.24, 2.45) is 0 Å². The highest BCUT2D eigenvalue weighted by Crippen LogP contribution is 2.29. The van der Waals surface area contributed by atoms with Gasteiger partial charge in [0.05, 0.1) is 12.1 Å². The van der Waals surface area contributed by atoms with Crippen LogP contribution in [0, 0.1) is 6.92 Å². The topological polar surface area (TPSA) is 64.2 Å². The molecule has 1 N–H and O–H groups in total. The van der Waals surface area contributed by atoms with Crippen molar-refractivity contribution in [2.75, 3.05) is 20.3 Å². The fourth-order valence-electron chi connectivity index (χ4n) is 3.08. The Bertz CT molecular complexity index is 1020. The molecule has 0 amide bonds. The van der Waals surface area contributed by atoms with Gasteiger partial charge in [-0.05, 0) is 29.5 Å². The molecule has 3 rings (SSSR count). The molecule has 0 aliphatic carbocycles. The van der Waals surface area contributed by atoms with Crippen molar-refractivity contribution in [1.29, 1.82) is 0 Å². The number of nitrogens with zero attached hydrogens (tertiary/aromatic N) is 1. The van der Waals surface area contributed by atoms with Crippen LogP contribution in [-0.2, 0) is 10.2 Å². The summed E-state index contributed by atoms with van der Waals surface area (Å²) < 4.78 is 10.6. The van der Waals surface area contributed by atoms with Crippen molar-refractivity contribution < 1.29 is 9.47 Å². The van der Waals surface area contributed by atoms with Gasteiger partial charge in [0.2, 0.25) is 5.88 Å². The quantitative estimate of drug-likeness (QED) is 0.687. The van der Waals surface area contributed by atoms with Gasteiger partial charge in [0.25, 0.3) is 0 Å². The van der Waals surface area contributed by atoms with Gasteiger partial charge in [0, 0.05) is 30.6 Å². The number of fused-ring (bicyclic) bond motifs is 1. The van der Waals surface area contributed by atoms with Crippen LogP contribution in [0.15, 0.2) is 41.3 Å². The van der Waals surface area contributed by atoms with Gasteiger partial charge in [-0.3, -0.25) is 4.79 Å². The maximum absolute atomic E-state index is 12.8. The first-order valence-electron chi connectivity index (χ1n) is 9.06. The Balaban J connectivity index is 2.06. The second-order valence-corrected chi connectivity index (χ2v) is 7.71. The smallest absolute Gasteiger partial charge is 0.226 e. The number of pyridine rings is 2. The molecule has 0 atom stereocenters. The number of hydrogen-bond donors (Lipinski definition) is 1. The number of methoxy groups -OCH3 is 1. The molecule has 0 saturated carbocycles. The van der Waals surface area contributed by atoms with Crippen LogP contribution in [-0.4, -0.2) is 30.3 Å². The number of aryl methyl sites for hydroxylation is 1. The molecule has 0 saturated heterocycles. The van der Waals surface area contributed by atoms with Crippen LogP contribution in [0.25, 0.3) is 22.2 Å². The monoisotopic (exact) mass is 366 g/mol. The maximum atomic E-state index is 12.8. The van der Waals surface area contributed by atoms with E-state index in [1.165, 1.54) is 5.56 Å². The molecule has 3 aromatic rings. The summed E-state index contributed by atoms with van der Waals surface area (Å²) in [5, 5.41) is 0.460. The first kappa shape index (κ1) is 19.1. The molecule has 2 aromatic heterocycles. The summed E-state index contributed by atoms with van der Waals surface area (Å²) in [7, 11) is 1.60. The van der Waals surface area contributed by atoms with Crippen LogP contribution >= 0.6 is 0 Å². The molecule has 1 aromatic carbocycles. The first-order chi connectivity index (χ1) is 12.8. The molecule has 0 spiro atoms. The highest BCUT2D eigenvalue weighted by atomic mass is 16.5. The van der Waals surface area contributed by atoms with Gasteiger partial charge in [-0.2, -0.15) is 0 Å². The molecule has 5 heteroatoms. The van der Waals surface area contributed by atoms with Crippen LogP contribution in [0.3, 0.4) is 0 Å². The molecule has 0 bridgehead atoms. The minimum atomic E-state index is -0.112. The van der Waals surface area contributed by atoms with Crippen molar-refractivity contribution >= 4 is 10.9 Å². The highest BCUT2D eigenvalue weighted by molar-refractivity contribution is 5.85. The summed E-state index contributed by atoms with van der Waals surface area (Å²) in [6.45, 7) is 9.43. The molecule has 0 fully saturated rings. The molecule has 142 valence electrons. The zero-order chi connectivity index (χ0) is 19.6. The Kier molecular flexibility index (Phi) is 5.33. The second kappa shape index (κ2) is 7.53. The number of rotatable bonds is 5. The lowest BCUT2D eigenvalue weighted by Gasteiger charge is -2.20. The molecule has 0 radical (unpaired) electrons. The van der Waals surface area contributed by atoms with Crippen molar-refractivity contribution in [2.45, 2.75) is 33.1 Å². The normalized spacial score (nSPS) is 11.7. The SMILES string of the molecule is COCCOc1nccc2[nH]c(-c3ccc(C(C)(C)C)cc3C)cc(=O)c12. The summed E-state index contributed by atoms with van der Waals surface area (Å²) in [5.74, 6) is 0.331. The zero-order valence-corrected chi connectivity index (χ0v) is 16.6. The lowest BCUT2D eigenvalue weighted by Crippen LogP contribution is -2.12. The molecular weight excluding hydrogens is 340 g/mol. The standard InChI is InChI=1S/C22H26N2O3/c1-14-12-15(22(2,3)4)6-7-16(14)18-13-19(25)20-17(24-18)8-9-23-21(20)27-11-10-26-5/h6-9,12-13H,10-11H2,1-5H3,(H,24,25). The van der Waals surface area contributed by atoms with Crippen LogP contribution in [0.1, 0.15) is 31.9 Å². The molecule has 2 heterocycles. The van der Waals surface area contributed by atoms with E-state index in [1.54, 1.807) is 25.4 Å². The van der Waals surface area contributed by atoms with Gasteiger partial charge in [0.15, 0.2) is 5.43 Å². The molecule has 0 aliphatic rings. The third-order valence-corrected chi connectivity index (χ3v) is 4.62. The third-order valence-electron chi connectivity index (χ3n) is 4.62. The van der Waals surface area contributed by atoms with Crippen LogP contribution in [0.5, 0.6) is 5.88 Å². The Labute approximate surface area is 159 Å². The van der Waals surface area contributed by atoms with Crippen LogP contribution in [0.2, 0.25) is 0 Å². The summed E-state index contributed by atoms with van der Waals surface area (Å²) in [5.41, 5.74) is 4.88. The molecule has 0 unspecified atom stereocenters. The van der Waals surface area contributed by atoms with Crippen LogP contribution < -0.4 is 10.2 Å². The summed E-state index contributed by atoms with van der Waals surface area (Å²) in [6, 6.07) is 9.79. The fraction of sp³-hybridized carbons (Fsp3) is 0.364. The summed E-state index contributed by atoms with van der Waals surface area (Å²) >= 11 is 0. The Hall–Kier alpha value is -2.66. The molecule has 5 nitrogen and oxygen atoms in total. The van der Waals surface area contributed by atoms with E-state index in [-0.39, 0.29) is 10.8 Å². The number of ether oxygens (including phenoxy) is 2. The van der Waals surface area contributed by atoms with Gasteiger partial charge < -0.3 is 14.5 Å². The minimum Gasteiger partial charge on any atom is -0.475 e. The fourth-order valence-corrected chi connectivity index (χ4v) is 3.08. The van der Waals surface area contributed by atoms with E-state index in [4.69, 9.17) is 9.47 Å². The Morgan fingerprint density at radius 3 is 2.56 bits per heavy atom. The number of aromatic amines is 1. The van der Waals surface area contributed by atoms with E-state index in [1.807, 2.05) is 0 Å². The van der Waals surface area contributed by atoms with Gasteiger partial charge in [-0.1, -0.05) is 39.0 Å². The number of H-pyrrole nitrogens is 1. The average Bonchev–Trinajstić information content (AvgIpc) is 2.61. The second-order valence-electron chi connectivity index (χ2n) is 7.71. The van der Waals surface area contributed by atoms with Crippen molar-refractivity contribution in [3.63, 3.8) is 0 Å². The van der Waals surface area contributed by atoms with Gasteiger partial charge in [-0.25, -0.2) is 4.98 Å². The maximum Gasteiger partial charge on any atom is 0.226 e. The van der Waals surface area contributed by atoms with Crippen LogP contribution in [0.4, 0.5) is 0 Å². The van der Waals surface area contributed by atoms with Crippen molar-refractivity contribution in [3.8, 4) is 17.1 Å². The van der Waals surface area contributed by atoms with Gasteiger partial charge in [-0.15, -0.1) is 0 Å². The summed E-state index contributed by atoms with van der Waals surface area (Å²) in [4.78, 5) is 20.4. The first-order valence-corrected chi connectivity index (χ1v) is 9.06. The van der Waals surface area contributed by atoms with Gasteiger partial charge >= 0.3 is 0 Å². The van der Waals surface area contributed by atoms with Crippen molar-refractivity contribution in [1.82, 2.24) is 9.97 Å². The predicted octanol–water partition coefficient (Wildman–Crippen LogP) is 4.22. The van der Waals surface area contributed by atoms with Gasteiger partial charge in [0.1, 0.15) is 12.0 Å². The molecule has 0 aliphatic heterocycles. The number of hydrogen-bond acceptors (Lipinski definition) is 4. The number of nitrogens with one attached hydrogen (secondary N) is 1. The van der Waals surface area contributed by atoms with E-state index >= 15 is 0 Å². The lowest BCUT2D eigenvalue weighted by atomic mass is 9.85. The van der Waals surface area contributed by atoms with Crippen molar-refractivity contribution in [3.05, 3.63) is 57.9 Å². The van der Waals surface area contributed by atoms with E-state index in [0.29, 0.717) is 30.0 Å². The predicted molar refractivity (Wildman–Crippen MR) is 109 cm³/mol. The van der Waals surface area contributed by atoms with E-state index in [9.17, 15) is 4.79 Å². The van der Waals surface area contributed by atoms with E-state index < -0.39 is 0 Å². The zero-order valence-electron chi connectivity index (χ0n) is 16.6. The molecule has 27 heavy (non-hydrogen) atoms. The summed E-state index contributed by atoms with van der Waals surface area (Å²) in [6.07, 6.45) is 1.64. The lowest BCUT2D eigenvalue weighted by molar-refractivity contribution is 0.144. The number of benzene rings is 1. The van der Waals surface area contributed by atoms with E-state index in [0.717, 1.165) is 16.8 Å². The van der Waals surface area contributed by atoms with E-state index in [2.05, 4.69) is 55.9 Å². The third kappa shape index (κ3) is 4.03. The largest absolute Gasteiger partial charge is 0.475 e.